The zero-order valence-electron chi connectivity index (χ0n) is 13.0. The van der Waals surface area contributed by atoms with Crippen LogP contribution in [-0.4, -0.2) is 33.0 Å². The van der Waals surface area contributed by atoms with Gasteiger partial charge in [0, 0.05) is 6.20 Å². The Hall–Kier alpha value is -1.98. The van der Waals surface area contributed by atoms with Gasteiger partial charge in [-0.3, -0.25) is 4.79 Å². The van der Waals surface area contributed by atoms with Gasteiger partial charge < -0.3 is 10.4 Å². The number of nitrogens with zero attached hydrogens (tertiary/aromatic N) is 2. The minimum atomic E-state index is -1.02. The number of carbonyl (C=O) groups is 2. The van der Waals surface area contributed by atoms with Gasteiger partial charge in [-0.1, -0.05) is 33.6 Å². The van der Waals surface area contributed by atoms with Gasteiger partial charge in [0.25, 0.3) is 5.91 Å². The van der Waals surface area contributed by atoms with E-state index in [2.05, 4.69) is 15.3 Å². The Bertz CT molecular complexity index is 515. The van der Waals surface area contributed by atoms with Crippen molar-refractivity contribution >= 4 is 11.9 Å². The number of unbranched alkanes of at least 4 members (excludes halogenated alkanes) is 1. The van der Waals surface area contributed by atoms with Gasteiger partial charge in [0.05, 0.1) is 11.3 Å². The molecule has 1 aromatic rings. The van der Waals surface area contributed by atoms with E-state index in [1.807, 2.05) is 20.8 Å². The van der Waals surface area contributed by atoms with Gasteiger partial charge >= 0.3 is 5.97 Å². The molecule has 0 saturated heterocycles. The molecule has 0 aliphatic heterocycles. The fraction of sp³-hybridized carbons (Fsp3) is 0.600. The first-order valence-corrected chi connectivity index (χ1v) is 7.24. The van der Waals surface area contributed by atoms with Crippen molar-refractivity contribution in [3.8, 4) is 0 Å². The van der Waals surface area contributed by atoms with E-state index in [0.717, 1.165) is 12.8 Å². The Morgan fingerprint density at radius 3 is 2.57 bits per heavy atom. The number of carbonyl (C=O) groups excluding carboxylic acids is 1. The molecule has 2 N–H and O–H groups in total. The fourth-order valence-corrected chi connectivity index (χ4v) is 2.00. The maximum absolute atomic E-state index is 12.3. The number of nitrogens with one attached hydrogen (secondary N) is 1. The van der Waals surface area contributed by atoms with Crippen molar-refractivity contribution in [2.24, 2.45) is 0 Å². The molecule has 0 bridgehead atoms. The second-order valence-corrected chi connectivity index (χ2v) is 5.38. The maximum Gasteiger partial charge on any atom is 0.326 e. The van der Waals surface area contributed by atoms with Crippen LogP contribution < -0.4 is 5.32 Å². The summed E-state index contributed by atoms with van der Waals surface area (Å²) in [5.41, 5.74) is 0.984. The Labute approximate surface area is 125 Å². The molecule has 0 aliphatic rings. The number of carboxylic acid groups (broad SMARTS) is 1. The largest absolute Gasteiger partial charge is 0.480 e. The van der Waals surface area contributed by atoms with Crippen LogP contribution in [0.2, 0.25) is 0 Å². The Kier molecular flexibility index (Phi) is 6.27. The number of amides is 1. The summed E-state index contributed by atoms with van der Waals surface area (Å²) in [6.45, 7) is 7.61. The quantitative estimate of drug-likeness (QED) is 0.804. The van der Waals surface area contributed by atoms with Crippen LogP contribution in [0.4, 0.5) is 0 Å². The molecule has 0 aromatic carbocycles. The van der Waals surface area contributed by atoms with E-state index in [1.165, 1.54) is 6.20 Å². The lowest BCUT2D eigenvalue weighted by molar-refractivity contribution is -0.139. The zero-order valence-corrected chi connectivity index (χ0v) is 13.0. The molecule has 6 nitrogen and oxygen atoms in total. The Morgan fingerprint density at radius 1 is 1.38 bits per heavy atom. The molecule has 1 unspecified atom stereocenters. The third kappa shape index (κ3) is 4.81. The van der Waals surface area contributed by atoms with E-state index in [0.29, 0.717) is 23.5 Å². The number of aromatic nitrogens is 2. The lowest BCUT2D eigenvalue weighted by Crippen LogP contribution is -2.41. The molecule has 1 aromatic heterocycles. The summed E-state index contributed by atoms with van der Waals surface area (Å²) in [6, 6.07) is -0.876. The van der Waals surface area contributed by atoms with E-state index in [9.17, 15) is 14.7 Å². The van der Waals surface area contributed by atoms with E-state index in [4.69, 9.17) is 0 Å². The van der Waals surface area contributed by atoms with Crippen molar-refractivity contribution in [2.45, 2.75) is 58.9 Å². The normalized spacial score (nSPS) is 12.2. The zero-order chi connectivity index (χ0) is 16.0. The third-order valence-corrected chi connectivity index (χ3v) is 3.18. The highest BCUT2D eigenvalue weighted by atomic mass is 16.4. The van der Waals surface area contributed by atoms with Crippen LogP contribution in [0, 0.1) is 6.92 Å². The molecule has 6 heteroatoms. The van der Waals surface area contributed by atoms with Crippen LogP contribution >= 0.6 is 0 Å². The van der Waals surface area contributed by atoms with E-state index < -0.39 is 17.9 Å². The molecule has 0 saturated carbocycles. The summed E-state index contributed by atoms with van der Waals surface area (Å²) in [5, 5.41) is 11.7. The molecule has 1 amide bonds. The molecule has 116 valence electrons. The van der Waals surface area contributed by atoms with Gasteiger partial charge in [0.2, 0.25) is 0 Å². The van der Waals surface area contributed by atoms with Crippen molar-refractivity contribution in [1.82, 2.24) is 15.3 Å². The predicted octanol–water partition coefficient (Wildman–Crippen LogP) is 2.28. The minimum absolute atomic E-state index is 0.0615. The highest BCUT2D eigenvalue weighted by molar-refractivity contribution is 5.97. The van der Waals surface area contributed by atoms with E-state index in [-0.39, 0.29) is 5.92 Å². The van der Waals surface area contributed by atoms with E-state index >= 15 is 0 Å². The average molecular weight is 293 g/mol. The molecule has 0 spiro atoms. The van der Waals surface area contributed by atoms with Crippen molar-refractivity contribution in [1.29, 1.82) is 0 Å². The molecule has 1 heterocycles. The summed E-state index contributed by atoms with van der Waals surface area (Å²) < 4.78 is 0. The highest BCUT2D eigenvalue weighted by Gasteiger charge is 2.23. The Balaban J connectivity index is 2.94. The van der Waals surface area contributed by atoms with Gasteiger partial charge in [-0.2, -0.15) is 0 Å². The average Bonchev–Trinajstić information content (AvgIpc) is 2.42. The van der Waals surface area contributed by atoms with Crippen LogP contribution in [0.1, 0.15) is 67.8 Å². The van der Waals surface area contributed by atoms with Crippen molar-refractivity contribution in [2.75, 3.05) is 0 Å². The first-order valence-electron chi connectivity index (χ1n) is 7.24. The summed E-state index contributed by atoms with van der Waals surface area (Å²) >= 11 is 0. The predicted molar refractivity (Wildman–Crippen MR) is 79.3 cm³/mol. The lowest BCUT2D eigenvalue weighted by atomic mass is 10.0. The first-order chi connectivity index (χ1) is 9.86. The molecule has 0 aliphatic carbocycles. The summed E-state index contributed by atoms with van der Waals surface area (Å²) in [6.07, 6.45) is 3.51. The third-order valence-electron chi connectivity index (χ3n) is 3.18. The topological polar surface area (TPSA) is 92.2 Å². The van der Waals surface area contributed by atoms with Crippen molar-refractivity contribution in [3.05, 3.63) is 23.3 Å². The van der Waals surface area contributed by atoms with E-state index in [1.54, 1.807) is 6.92 Å². The maximum atomic E-state index is 12.3. The number of hydrogen-bond acceptors (Lipinski definition) is 4. The Morgan fingerprint density at radius 2 is 2.05 bits per heavy atom. The molecular weight excluding hydrogens is 270 g/mol. The van der Waals surface area contributed by atoms with Gasteiger partial charge in [-0.05, 0) is 19.3 Å². The van der Waals surface area contributed by atoms with Gasteiger partial charge in [-0.25, -0.2) is 14.8 Å². The van der Waals surface area contributed by atoms with Crippen LogP contribution in [0.25, 0.3) is 0 Å². The number of aryl methyl sites for hydroxylation is 1. The second kappa shape index (κ2) is 7.71. The smallest absolute Gasteiger partial charge is 0.326 e. The molecule has 1 rings (SSSR count). The van der Waals surface area contributed by atoms with Crippen LogP contribution in [-0.2, 0) is 4.79 Å². The summed E-state index contributed by atoms with van der Waals surface area (Å²) in [5.74, 6) is -0.791. The first kappa shape index (κ1) is 17.1. The number of rotatable bonds is 7. The van der Waals surface area contributed by atoms with Crippen LogP contribution in [0.5, 0.6) is 0 Å². The van der Waals surface area contributed by atoms with Crippen molar-refractivity contribution < 1.29 is 14.7 Å². The van der Waals surface area contributed by atoms with Gasteiger partial charge in [-0.15, -0.1) is 0 Å². The molecule has 21 heavy (non-hydrogen) atoms. The van der Waals surface area contributed by atoms with Crippen LogP contribution in [0.3, 0.4) is 0 Å². The van der Waals surface area contributed by atoms with Crippen LogP contribution in [0.15, 0.2) is 6.20 Å². The molecule has 1 atom stereocenters. The number of carboxylic acids is 1. The van der Waals surface area contributed by atoms with Gasteiger partial charge in [0.15, 0.2) is 0 Å². The lowest BCUT2D eigenvalue weighted by Gasteiger charge is -2.16. The SMILES string of the molecule is CCCCC(NC(=O)c1cnc(C)nc1C(C)C)C(=O)O. The highest BCUT2D eigenvalue weighted by Crippen LogP contribution is 2.17. The molecule has 0 fully saturated rings. The number of hydrogen-bond donors (Lipinski definition) is 2. The summed E-state index contributed by atoms with van der Waals surface area (Å²) in [7, 11) is 0. The second-order valence-electron chi connectivity index (χ2n) is 5.38. The summed E-state index contributed by atoms with van der Waals surface area (Å²) in [4.78, 5) is 31.8. The fourth-order valence-electron chi connectivity index (χ4n) is 2.00. The van der Waals surface area contributed by atoms with Crippen molar-refractivity contribution in [3.63, 3.8) is 0 Å². The monoisotopic (exact) mass is 293 g/mol. The molecule has 0 radical (unpaired) electrons. The van der Waals surface area contributed by atoms with Gasteiger partial charge in [0.1, 0.15) is 11.9 Å². The standard InChI is InChI=1S/C15H23N3O3/c1-5-6-7-12(15(20)21)18-14(19)11-8-16-10(4)17-13(11)9(2)3/h8-9,12H,5-7H2,1-4H3,(H,18,19)(H,20,21). The minimum Gasteiger partial charge on any atom is -0.480 e. The molecular formula is C15H23N3O3. The number of aliphatic carboxylic acids is 1.